The van der Waals surface area contributed by atoms with E-state index >= 15 is 0 Å². The second-order valence-corrected chi connectivity index (χ2v) is 13.2. The van der Waals surface area contributed by atoms with Gasteiger partial charge in [-0.15, -0.1) is 0 Å². The Morgan fingerprint density at radius 2 is 1.50 bits per heavy atom. The summed E-state index contributed by atoms with van der Waals surface area (Å²) in [6.07, 6.45) is -1.14. The molecule has 1 atom stereocenters. The van der Waals surface area contributed by atoms with Gasteiger partial charge in [-0.1, -0.05) is 62.7 Å². The Balaban J connectivity index is 1.32. The number of ether oxygens (including phenoxy) is 1. The topological polar surface area (TPSA) is 105 Å². The molecule has 0 unspecified atom stereocenters. The van der Waals surface area contributed by atoms with Crippen molar-refractivity contribution in [2.75, 3.05) is 21.5 Å². The van der Waals surface area contributed by atoms with Gasteiger partial charge >= 0.3 is 0 Å². The second kappa shape index (κ2) is 11.5. The fourth-order valence-electron chi connectivity index (χ4n) is 4.52. The van der Waals surface area contributed by atoms with Crippen molar-refractivity contribution in [2.45, 2.75) is 37.2 Å². The number of carbonyl (C=O) groups is 2. The molecule has 0 aromatic heterocycles. The zero-order valence-electron chi connectivity index (χ0n) is 23.3. The van der Waals surface area contributed by atoms with E-state index in [0.29, 0.717) is 27.6 Å². The Bertz CT molecular complexity index is 1730. The Morgan fingerprint density at radius 3 is 2.17 bits per heavy atom. The van der Waals surface area contributed by atoms with Gasteiger partial charge in [-0.25, -0.2) is 8.42 Å². The lowest BCUT2D eigenvalue weighted by atomic mass is 9.87. The summed E-state index contributed by atoms with van der Waals surface area (Å²) in [5.41, 5.74) is 2.83. The van der Waals surface area contributed by atoms with Crippen LogP contribution in [0.3, 0.4) is 0 Å². The maximum Gasteiger partial charge on any atom is 0.267 e. The van der Waals surface area contributed by atoms with Crippen molar-refractivity contribution in [3.8, 4) is 5.75 Å². The van der Waals surface area contributed by atoms with Crippen LogP contribution < -0.4 is 19.7 Å². The van der Waals surface area contributed by atoms with Gasteiger partial charge in [-0.2, -0.15) is 0 Å². The first-order valence-corrected chi connectivity index (χ1v) is 15.1. The number of rotatable bonds is 6. The fraction of sp³-hybridized carbons (Fsp3) is 0.188. The van der Waals surface area contributed by atoms with Crippen molar-refractivity contribution in [1.82, 2.24) is 0 Å². The Labute approximate surface area is 250 Å². The molecule has 1 heterocycles. The lowest BCUT2D eigenvalue weighted by Gasteiger charge is -2.34. The molecule has 0 aliphatic carbocycles. The van der Waals surface area contributed by atoms with Gasteiger partial charge in [0.15, 0.2) is 6.10 Å². The van der Waals surface area contributed by atoms with Gasteiger partial charge in [0.1, 0.15) is 5.75 Å². The number of nitrogens with one attached hydrogen (secondary N) is 2. The van der Waals surface area contributed by atoms with E-state index in [9.17, 15) is 18.0 Å². The fourth-order valence-corrected chi connectivity index (χ4v) is 6.12. The molecular formula is C32H30ClN3O5S. The van der Waals surface area contributed by atoms with E-state index in [-0.39, 0.29) is 28.5 Å². The first-order valence-electron chi connectivity index (χ1n) is 13.3. The Kier molecular flexibility index (Phi) is 7.99. The number of carbonyl (C=O) groups excluding carboxylic acids is 2. The molecule has 0 saturated carbocycles. The zero-order chi connectivity index (χ0) is 30.1. The number of para-hydroxylation sites is 2. The molecule has 0 saturated heterocycles. The average Bonchev–Trinajstić information content (AvgIpc) is 2.96. The number of sulfonamides is 1. The first-order chi connectivity index (χ1) is 19.9. The number of halogens is 1. The number of hydrogen-bond acceptors (Lipinski definition) is 5. The van der Waals surface area contributed by atoms with Gasteiger partial charge in [0.25, 0.3) is 21.8 Å². The van der Waals surface area contributed by atoms with Crippen LogP contribution in [0.5, 0.6) is 5.75 Å². The van der Waals surface area contributed by atoms with Crippen LogP contribution in [0.25, 0.3) is 0 Å². The molecule has 1 aliphatic heterocycles. The highest BCUT2D eigenvalue weighted by molar-refractivity contribution is 7.92. The molecule has 5 rings (SSSR count). The highest BCUT2D eigenvalue weighted by Gasteiger charge is 2.37. The summed E-state index contributed by atoms with van der Waals surface area (Å²) >= 11 is 5.96. The van der Waals surface area contributed by atoms with E-state index in [2.05, 4.69) is 31.4 Å². The minimum Gasteiger partial charge on any atom is -0.476 e. The molecule has 4 aromatic rings. The molecule has 0 bridgehead atoms. The van der Waals surface area contributed by atoms with E-state index < -0.39 is 22.0 Å². The van der Waals surface area contributed by atoms with Crippen LogP contribution in [0.4, 0.5) is 17.1 Å². The van der Waals surface area contributed by atoms with Crippen LogP contribution in [0.2, 0.25) is 5.02 Å². The molecule has 8 nitrogen and oxygen atoms in total. The van der Waals surface area contributed by atoms with Crippen molar-refractivity contribution in [1.29, 1.82) is 0 Å². The summed E-state index contributed by atoms with van der Waals surface area (Å²) in [5, 5.41) is 6.05. The lowest BCUT2D eigenvalue weighted by Crippen LogP contribution is -2.48. The number of hydrogen-bond donors (Lipinski definition) is 2. The molecule has 216 valence electrons. The SMILES string of the molecule is CC(C)(C)c1ccc(C(=O)Nc2cccc(NC(=O)[C@H]3CN(S(=O)(=O)c4ccc(Cl)cc4)c4ccccc4O3)c2)cc1. The van der Waals surface area contributed by atoms with Crippen molar-refractivity contribution in [2.24, 2.45) is 0 Å². The van der Waals surface area contributed by atoms with Gasteiger partial charge in [0.2, 0.25) is 0 Å². The average molecular weight is 604 g/mol. The van der Waals surface area contributed by atoms with Gasteiger partial charge in [-0.3, -0.25) is 13.9 Å². The highest BCUT2D eigenvalue weighted by Crippen LogP contribution is 2.37. The molecule has 1 aliphatic rings. The van der Waals surface area contributed by atoms with Crippen LogP contribution in [-0.2, 0) is 20.2 Å². The number of nitrogens with zero attached hydrogens (tertiary/aromatic N) is 1. The van der Waals surface area contributed by atoms with Gasteiger partial charge < -0.3 is 15.4 Å². The summed E-state index contributed by atoms with van der Waals surface area (Å²) in [6, 6.07) is 26.6. The maximum atomic E-state index is 13.6. The van der Waals surface area contributed by atoms with E-state index in [4.69, 9.17) is 16.3 Å². The van der Waals surface area contributed by atoms with Crippen LogP contribution >= 0.6 is 11.6 Å². The molecule has 42 heavy (non-hydrogen) atoms. The van der Waals surface area contributed by atoms with E-state index in [0.717, 1.165) is 5.56 Å². The maximum absolute atomic E-state index is 13.6. The summed E-state index contributed by atoms with van der Waals surface area (Å²) < 4.78 is 34.2. The van der Waals surface area contributed by atoms with Gasteiger partial charge in [0.05, 0.1) is 17.1 Å². The smallest absolute Gasteiger partial charge is 0.267 e. The third-order valence-corrected chi connectivity index (χ3v) is 8.88. The molecule has 10 heteroatoms. The monoisotopic (exact) mass is 603 g/mol. The number of amides is 2. The van der Waals surface area contributed by atoms with Crippen LogP contribution in [-0.4, -0.2) is 32.9 Å². The van der Waals surface area contributed by atoms with Crippen LogP contribution in [0.15, 0.2) is 102 Å². The minimum absolute atomic E-state index is 0.0251. The van der Waals surface area contributed by atoms with E-state index in [1.54, 1.807) is 60.7 Å². The Hall–Kier alpha value is -4.34. The van der Waals surface area contributed by atoms with Gasteiger partial charge in [-0.05, 0) is 77.7 Å². The van der Waals surface area contributed by atoms with Gasteiger partial charge in [0, 0.05) is 22.0 Å². The third-order valence-electron chi connectivity index (χ3n) is 6.83. The summed E-state index contributed by atoms with van der Waals surface area (Å²) in [5.74, 6) is -0.559. The molecule has 2 N–H and O–H groups in total. The second-order valence-electron chi connectivity index (χ2n) is 10.9. The molecule has 4 aromatic carbocycles. The van der Waals surface area contributed by atoms with Crippen LogP contribution in [0, 0.1) is 0 Å². The van der Waals surface area contributed by atoms with E-state index in [1.807, 2.05) is 12.1 Å². The highest BCUT2D eigenvalue weighted by atomic mass is 35.5. The quantitative estimate of drug-likeness (QED) is 0.262. The van der Waals surface area contributed by atoms with Crippen molar-refractivity contribution >= 4 is 50.5 Å². The third kappa shape index (κ3) is 6.27. The summed E-state index contributed by atoms with van der Waals surface area (Å²) in [6.45, 7) is 6.08. The number of benzene rings is 4. The molecule has 2 amide bonds. The summed E-state index contributed by atoms with van der Waals surface area (Å²) in [4.78, 5) is 26.2. The normalized spacial score (nSPS) is 14.9. The molecule has 0 spiro atoms. The Morgan fingerprint density at radius 1 is 0.857 bits per heavy atom. The molecule has 0 radical (unpaired) electrons. The largest absolute Gasteiger partial charge is 0.476 e. The lowest BCUT2D eigenvalue weighted by molar-refractivity contribution is -0.122. The predicted molar refractivity (Wildman–Crippen MR) is 165 cm³/mol. The minimum atomic E-state index is -4.02. The predicted octanol–water partition coefficient (Wildman–Crippen LogP) is 6.48. The molecule has 0 fully saturated rings. The number of fused-ring (bicyclic) bond motifs is 1. The standard InChI is InChI=1S/C32H30ClN3O5S/c1-32(2,3)22-13-11-21(12-14-22)30(37)34-24-7-6-8-25(19-24)35-31(38)29-20-36(27-9-4-5-10-28(27)41-29)42(39,40)26-17-15-23(33)16-18-26/h4-19,29H,20H2,1-3H3,(H,34,37)(H,35,38)/t29-/m1/s1. The van der Waals surface area contributed by atoms with Crippen molar-refractivity contribution < 1.29 is 22.7 Å². The summed E-state index contributed by atoms with van der Waals surface area (Å²) in [7, 11) is -4.02. The van der Waals surface area contributed by atoms with Crippen molar-refractivity contribution in [3.05, 3.63) is 113 Å². The van der Waals surface area contributed by atoms with E-state index in [1.165, 1.54) is 28.6 Å². The van der Waals surface area contributed by atoms with Crippen LogP contribution in [0.1, 0.15) is 36.7 Å². The first kappa shape index (κ1) is 29.2. The van der Waals surface area contributed by atoms with Crippen molar-refractivity contribution in [3.63, 3.8) is 0 Å². The number of anilines is 3. The zero-order valence-corrected chi connectivity index (χ0v) is 24.9. The molecular weight excluding hydrogens is 574 g/mol.